The highest BCUT2D eigenvalue weighted by Crippen LogP contribution is 2.32. The second-order valence-corrected chi connectivity index (χ2v) is 9.91. The molecule has 3 aromatic rings. The maximum atomic E-state index is 12.2. The molecule has 0 aliphatic carbocycles. The Balaban J connectivity index is 1.31. The predicted octanol–water partition coefficient (Wildman–Crippen LogP) is -0.997. The summed E-state index contributed by atoms with van der Waals surface area (Å²) in [6, 6.07) is 7.95. The quantitative estimate of drug-likeness (QED) is 0.121. The van der Waals surface area contributed by atoms with Crippen LogP contribution in [0.25, 0.3) is 11.2 Å². The lowest BCUT2D eigenvalue weighted by molar-refractivity contribution is -0.137. The van der Waals surface area contributed by atoms with E-state index in [1.54, 1.807) is 6.92 Å². The standard InChI is InChI=1S/C27H37N9O6/c1-3-29-25(41)22-20(39)21(40)26(42-22)36-14-33-19-23(28)34-27(35-24(19)36)32-11-10-17-6-4-16(5-7-17)8-9-18(38)31-13-12-30-15(2)37/h4-7,14,20-22,26,39-40H,3,8-13H2,1-2H3,(H,29,41)(H,30,37)(H,31,38)(H3,28,32,34,35)/t20?,21-,22-,26?/m0/s1. The minimum absolute atomic E-state index is 0.0711. The maximum absolute atomic E-state index is 12.2. The number of nitrogens with one attached hydrogen (secondary N) is 4. The summed E-state index contributed by atoms with van der Waals surface area (Å²) in [5, 5.41) is 32.1. The van der Waals surface area contributed by atoms with Gasteiger partial charge < -0.3 is 42.0 Å². The van der Waals surface area contributed by atoms with E-state index in [-0.39, 0.29) is 29.2 Å². The van der Waals surface area contributed by atoms with Gasteiger partial charge >= 0.3 is 0 Å². The first kappa shape index (κ1) is 30.6. The fourth-order valence-corrected chi connectivity index (χ4v) is 4.56. The molecule has 8 N–H and O–H groups in total. The SMILES string of the molecule is CCNC(=O)[C@H]1OC(n2cnc3c(N)nc(NCCc4ccc(CCC(=O)NCCNC(C)=O)cc4)nc32)[C@@H](O)C1O. The summed E-state index contributed by atoms with van der Waals surface area (Å²) in [7, 11) is 0. The number of fused-ring (bicyclic) bond motifs is 1. The van der Waals surface area contributed by atoms with E-state index in [0.717, 1.165) is 11.1 Å². The van der Waals surface area contributed by atoms with Crippen LogP contribution < -0.4 is 27.0 Å². The lowest BCUT2D eigenvalue weighted by Crippen LogP contribution is -2.42. The van der Waals surface area contributed by atoms with Gasteiger partial charge in [-0.2, -0.15) is 9.97 Å². The number of imidazole rings is 1. The molecule has 4 atom stereocenters. The number of aryl methyl sites for hydroxylation is 1. The molecule has 15 heteroatoms. The van der Waals surface area contributed by atoms with Crippen molar-refractivity contribution in [3.8, 4) is 0 Å². The molecule has 3 heterocycles. The molecule has 1 aliphatic rings. The molecule has 0 bridgehead atoms. The van der Waals surface area contributed by atoms with Crippen molar-refractivity contribution in [2.75, 3.05) is 37.2 Å². The van der Waals surface area contributed by atoms with Crippen molar-refractivity contribution in [1.82, 2.24) is 35.5 Å². The third kappa shape index (κ3) is 7.48. The van der Waals surface area contributed by atoms with Gasteiger partial charge in [0.15, 0.2) is 23.8 Å². The number of nitrogens with two attached hydrogens (primary N) is 1. The number of rotatable bonds is 13. The summed E-state index contributed by atoms with van der Waals surface area (Å²) >= 11 is 0. The average Bonchev–Trinajstić information content (AvgIpc) is 3.51. The summed E-state index contributed by atoms with van der Waals surface area (Å²) in [6.07, 6.45) is -2.18. The van der Waals surface area contributed by atoms with Crippen LogP contribution in [0.3, 0.4) is 0 Å². The zero-order valence-electron chi connectivity index (χ0n) is 23.5. The van der Waals surface area contributed by atoms with Crippen LogP contribution in [0.4, 0.5) is 11.8 Å². The molecule has 0 spiro atoms. The van der Waals surface area contributed by atoms with E-state index in [9.17, 15) is 24.6 Å². The molecule has 0 radical (unpaired) electrons. The van der Waals surface area contributed by atoms with E-state index in [2.05, 4.69) is 36.2 Å². The first-order chi connectivity index (χ1) is 20.2. The number of amides is 3. The number of aromatic nitrogens is 4. The minimum atomic E-state index is -1.43. The lowest BCUT2D eigenvalue weighted by atomic mass is 10.1. The highest BCUT2D eigenvalue weighted by molar-refractivity contribution is 5.83. The van der Waals surface area contributed by atoms with Crippen molar-refractivity contribution in [1.29, 1.82) is 0 Å². The number of carbonyl (C=O) groups is 3. The number of likely N-dealkylation sites (N-methyl/N-ethyl adjacent to an activating group) is 1. The molecule has 42 heavy (non-hydrogen) atoms. The normalized spacial score (nSPS) is 19.9. The molecule has 2 unspecified atom stereocenters. The van der Waals surface area contributed by atoms with Gasteiger partial charge in [0.1, 0.15) is 17.7 Å². The van der Waals surface area contributed by atoms with E-state index in [4.69, 9.17) is 10.5 Å². The number of carbonyl (C=O) groups excluding carboxylic acids is 3. The summed E-state index contributed by atoms with van der Waals surface area (Å²) in [5.74, 6) is -0.358. The fraction of sp³-hybridized carbons (Fsp3) is 0.481. The number of aliphatic hydroxyl groups is 2. The second-order valence-electron chi connectivity index (χ2n) is 9.91. The van der Waals surface area contributed by atoms with Crippen LogP contribution in [-0.2, 0) is 32.0 Å². The van der Waals surface area contributed by atoms with Gasteiger partial charge in [0.2, 0.25) is 17.8 Å². The van der Waals surface area contributed by atoms with Gasteiger partial charge in [0.05, 0.1) is 6.33 Å². The first-order valence-corrected chi connectivity index (χ1v) is 13.8. The predicted molar refractivity (Wildman–Crippen MR) is 153 cm³/mol. The van der Waals surface area contributed by atoms with E-state index in [0.29, 0.717) is 51.0 Å². The van der Waals surface area contributed by atoms with E-state index < -0.39 is 30.4 Å². The Kier molecular flexibility index (Phi) is 10.2. The molecule has 3 amide bonds. The molecule has 1 aliphatic heterocycles. The molecule has 1 fully saturated rings. The number of anilines is 2. The zero-order chi connectivity index (χ0) is 30.2. The van der Waals surface area contributed by atoms with Gasteiger partial charge in [0, 0.05) is 39.5 Å². The molecule has 4 rings (SSSR count). The summed E-state index contributed by atoms with van der Waals surface area (Å²) < 4.78 is 7.12. The Labute approximate surface area is 242 Å². The monoisotopic (exact) mass is 583 g/mol. The molecular formula is C27H37N9O6. The first-order valence-electron chi connectivity index (χ1n) is 13.8. The summed E-state index contributed by atoms with van der Waals surface area (Å²) in [4.78, 5) is 48.1. The number of benzene rings is 1. The van der Waals surface area contributed by atoms with Crippen molar-refractivity contribution in [3.63, 3.8) is 0 Å². The van der Waals surface area contributed by atoms with E-state index in [1.165, 1.54) is 17.8 Å². The topological polar surface area (TPSA) is 219 Å². The molecule has 226 valence electrons. The smallest absolute Gasteiger partial charge is 0.252 e. The number of nitrogen functional groups attached to an aromatic ring is 1. The van der Waals surface area contributed by atoms with Crippen molar-refractivity contribution in [3.05, 3.63) is 41.7 Å². The van der Waals surface area contributed by atoms with Gasteiger partial charge in [-0.3, -0.25) is 19.0 Å². The Morgan fingerprint density at radius 3 is 2.36 bits per heavy atom. The average molecular weight is 584 g/mol. The summed E-state index contributed by atoms with van der Waals surface area (Å²) in [6.45, 7) is 4.82. The van der Waals surface area contributed by atoms with Crippen LogP contribution in [0.15, 0.2) is 30.6 Å². The Morgan fingerprint density at radius 2 is 1.67 bits per heavy atom. The highest BCUT2D eigenvalue weighted by atomic mass is 16.6. The fourth-order valence-electron chi connectivity index (χ4n) is 4.56. The number of hydrogen-bond acceptors (Lipinski definition) is 11. The lowest BCUT2D eigenvalue weighted by Gasteiger charge is -2.16. The molecular weight excluding hydrogens is 546 g/mol. The number of nitrogens with zero attached hydrogens (tertiary/aromatic N) is 4. The molecule has 0 saturated carbocycles. The van der Waals surface area contributed by atoms with Crippen LogP contribution in [0.1, 0.15) is 37.6 Å². The van der Waals surface area contributed by atoms with Crippen molar-refractivity contribution in [2.24, 2.45) is 0 Å². The maximum Gasteiger partial charge on any atom is 0.252 e. The largest absolute Gasteiger partial charge is 0.387 e. The highest BCUT2D eigenvalue weighted by Gasteiger charge is 2.47. The minimum Gasteiger partial charge on any atom is -0.387 e. The molecule has 2 aromatic heterocycles. The molecule has 15 nitrogen and oxygen atoms in total. The van der Waals surface area contributed by atoms with Crippen LogP contribution >= 0.6 is 0 Å². The van der Waals surface area contributed by atoms with Crippen LogP contribution in [0.2, 0.25) is 0 Å². The summed E-state index contributed by atoms with van der Waals surface area (Å²) in [5.41, 5.74) is 8.79. The van der Waals surface area contributed by atoms with Gasteiger partial charge in [-0.15, -0.1) is 0 Å². The van der Waals surface area contributed by atoms with Crippen LogP contribution in [0.5, 0.6) is 0 Å². The number of aliphatic hydroxyl groups excluding tert-OH is 2. The molecule has 1 aromatic carbocycles. The van der Waals surface area contributed by atoms with E-state index in [1.807, 2.05) is 24.3 Å². The Bertz CT molecular complexity index is 1400. The van der Waals surface area contributed by atoms with Crippen molar-refractivity contribution < 1.29 is 29.3 Å². The van der Waals surface area contributed by atoms with Crippen molar-refractivity contribution in [2.45, 2.75) is 57.6 Å². The van der Waals surface area contributed by atoms with E-state index >= 15 is 0 Å². The van der Waals surface area contributed by atoms with Gasteiger partial charge in [-0.1, -0.05) is 24.3 Å². The van der Waals surface area contributed by atoms with Gasteiger partial charge in [-0.25, -0.2) is 4.98 Å². The second kappa shape index (κ2) is 14.0. The number of hydrogen-bond donors (Lipinski definition) is 7. The molecule has 1 saturated heterocycles. The Morgan fingerprint density at radius 1 is 0.976 bits per heavy atom. The van der Waals surface area contributed by atoms with Gasteiger partial charge in [-0.05, 0) is 30.9 Å². The van der Waals surface area contributed by atoms with Crippen LogP contribution in [0, 0.1) is 0 Å². The van der Waals surface area contributed by atoms with Crippen LogP contribution in [-0.4, -0.2) is 91.9 Å². The zero-order valence-corrected chi connectivity index (χ0v) is 23.5. The number of ether oxygens (including phenoxy) is 1. The Hall–Kier alpha value is -4.34. The van der Waals surface area contributed by atoms with Crippen molar-refractivity contribution >= 4 is 40.7 Å². The third-order valence-corrected chi connectivity index (χ3v) is 6.75. The van der Waals surface area contributed by atoms with Gasteiger partial charge in [0.25, 0.3) is 5.91 Å². The third-order valence-electron chi connectivity index (χ3n) is 6.75.